The number of aromatic hydroxyl groups is 1. The summed E-state index contributed by atoms with van der Waals surface area (Å²) in [6.07, 6.45) is 1.27. The van der Waals surface area contributed by atoms with Gasteiger partial charge in [0, 0.05) is 18.0 Å². The predicted octanol–water partition coefficient (Wildman–Crippen LogP) is 3.93. The van der Waals surface area contributed by atoms with E-state index in [1.165, 1.54) is 11.3 Å². The molecule has 128 valence electrons. The first-order valence-electron chi connectivity index (χ1n) is 8.35. The second kappa shape index (κ2) is 6.13. The van der Waals surface area contributed by atoms with Crippen molar-refractivity contribution in [2.24, 2.45) is 11.8 Å². The third kappa shape index (κ3) is 2.74. The van der Waals surface area contributed by atoms with E-state index >= 15 is 0 Å². The second-order valence-corrected chi connectivity index (χ2v) is 8.95. The highest BCUT2D eigenvalue weighted by molar-refractivity contribution is 7.17. The Balaban J connectivity index is 1.80. The summed E-state index contributed by atoms with van der Waals surface area (Å²) in [5.41, 5.74) is 0. The van der Waals surface area contributed by atoms with Crippen LogP contribution in [0.2, 0.25) is 0 Å². The maximum Gasteiger partial charge on any atom is 0.230 e. The molecule has 24 heavy (non-hydrogen) atoms. The van der Waals surface area contributed by atoms with Crippen molar-refractivity contribution >= 4 is 27.6 Å². The number of nitrogens with zero attached hydrogens (tertiary/aromatic N) is 4. The molecule has 1 N–H and O–H groups in total. The first kappa shape index (κ1) is 16.1. The van der Waals surface area contributed by atoms with E-state index in [2.05, 4.69) is 46.3 Å². The zero-order valence-corrected chi connectivity index (χ0v) is 15.8. The van der Waals surface area contributed by atoms with Crippen LogP contribution in [0.5, 0.6) is 5.88 Å². The van der Waals surface area contributed by atoms with Crippen LogP contribution in [0, 0.1) is 18.8 Å². The molecule has 1 fully saturated rings. The number of hydrogen-bond donors (Lipinski definition) is 1. The number of likely N-dealkylation sites (tertiary alicyclic amines) is 1. The van der Waals surface area contributed by atoms with Crippen LogP contribution >= 0.6 is 22.7 Å². The lowest BCUT2D eigenvalue weighted by Gasteiger charge is -2.39. The van der Waals surface area contributed by atoms with Crippen molar-refractivity contribution in [2.45, 2.75) is 33.2 Å². The Morgan fingerprint density at radius 1 is 1.29 bits per heavy atom. The van der Waals surface area contributed by atoms with Crippen LogP contribution in [-0.4, -0.2) is 37.7 Å². The molecule has 0 aliphatic carbocycles. The topological polar surface area (TPSA) is 53.7 Å². The quantitative estimate of drug-likeness (QED) is 0.767. The van der Waals surface area contributed by atoms with E-state index in [4.69, 9.17) is 0 Å². The fourth-order valence-electron chi connectivity index (χ4n) is 3.87. The summed E-state index contributed by atoms with van der Waals surface area (Å²) in [6.45, 7) is 8.60. The van der Waals surface area contributed by atoms with E-state index in [-0.39, 0.29) is 11.9 Å². The van der Waals surface area contributed by atoms with Crippen LogP contribution in [0.25, 0.3) is 4.96 Å². The van der Waals surface area contributed by atoms with E-state index in [9.17, 15) is 5.11 Å². The summed E-state index contributed by atoms with van der Waals surface area (Å²) in [7, 11) is 0. The zero-order chi connectivity index (χ0) is 16.8. The van der Waals surface area contributed by atoms with Gasteiger partial charge < -0.3 is 5.11 Å². The summed E-state index contributed by atoms with van der Waals surface area (Å²) < 4.78 is 1.58. The summed E-state index contributed by atoms with van der Waals surface area (Å²) in [5.74, 6) is 2.27. The van der Waals surface area contributed by atoms with Crippen molar-refractivity contribution in [1.29, 1.82) is 0 Å². The van der Waals surface area contributed by atoms with Crippen LogP contribution in [0.15, 0.2) is 17.5 Å². The highest BCUT2D eigenvalue weighted by atomic mass is 32.1. The van der Waals surface area contributed by atoms with Gasteiger partial charge in [0.05, 0.1) is 10.9 Å². The van der Waals surface area contributed by atoms with Gasteiger partial charge in [-0.25, -0.2) is 4.98 Å². The van der Waals surface area contributed by atoms with Crippen LogP contribution in [0.3, 0.4) is 0 Å². The Bertz CT molecular complexity index is 828. The maximum absolute atomic E-state index is 10.8. The van der Waals surface area contributed by atoms with Crippen LogP contribution in [-0.2, 0) is 0 Å². The molecule has 3 aromatic heterocycles. The molecule has 0 saturated carbocycles. The molecule has 1 aliphatic rings. The van der Waals surface area contributed by atoms with Crippen molar-refractivity contribution in [3.05, 3.63) is 33.1 Å². The predicted molar refractivity (Wildman–Crippen MR) is 97.9 cm³/mol. The van der Waals surface area contributed by atoms with Gasteiger partial charge in [-0.15, -0.1) is 16.4 Å². The molecule has 0 amide bonds. The SMILES string of the molecule is Cc1nc2sc([C@H](c3cccs3)N3C[C@@H](C)C[C@H](C)C3)c(O)n2n1. The van der Waals surface area contributed by atoms with E-state index in [0.29, 0.717) is 17.7 Å². The van der Waals surface area contributed by atoms with E-state index < -0.39 is 0 Å². The molecule has 3 atom stereocenters. The van der Waals surface area contributed by atoms with Gasteiger partial charge >= 0.3 is 0 Å². The summed E-state index contributed by atoms with van der Waals surface area (Å²) >= 11 is 3.30. The van der Waals surface area contributed by atoms with Gasteiger partial charge in [0.2, 0.25) is 10.8 Å². The molecule has 4 heterocycles. The minimum absolute atomic E-state index is 0.0870. The van der Waals surface area contributed by atoms with E-state index in [1.807, 2.05) is 6.92 Å². The number of aryl methyl sites for hydroxylation is 1. The monoisotopic (exact) mass is 362 g/mol. The van der Waals surface area contributed by atoms with Gasteiger partial charge in [0.25, 0.3) is 0 Å². The molecule has 0 aromatic carbocycles. The van der Waals surface area contributed by atoms with Gasteiger partial charge in [-0.2, -0.15) is 4.52 Å². The number of rotatable bonds is 3. The molecule has 4 rings (SSSR count). The van der Waals surface area contributed by atoms with Crippen molar-refractivity contribution in [3.63, 3.8) is 0 Å². The molecule has 0 unspecified atom stereocenters. The van der Waals surface area contributed by atoms with Crippen molar-refractivity contribution in [3.8, 4) is 5.88 Å². The summed E-state index contributed by atoms with van der Waals surface area (Å²) in [5, 5.41) is 17.2. The fraction of sp³-hybridized carbons (Fsp3) is 0.529. The average Bonchev–Trinajstić information content (AvgIpc) is 3.20. The molecule has 0 spiro atoms. The molecule has 1 aliphatic heterocycles. The molecule has 7 heteroatoms. The zero-order valence-electron chi connectivity index (χ0n) is 14.1. The summed E-state index contributed by atoms with van der Waals surface area (Å²) in [6, 6.07) is 4.34. The Kier molecular flexibility index (Phi) is 4.10. The number of thiazole rings is 1. The van der Waals surface area contributed by atoms with Gasteiger partial charge in [-0.1, -0.05) is 31.3 Å². The van der Waals surface area contributed by atoms with E-state index in [1.54, 1.807) is 27.2 Å². The number of hydrogen-bond acceptors (Lipinski definition) is 6. The summed E-state index contributed by atoms with van der Waals surface area (Å²) in [4.78, 5) is 9.93. The molecular weight excluding hydrogens is 340 g/mol. The minimum Gasteiger partial charge on any atom is -0.492 e. The molecule has 0 bridgehead atoms. The lowest BCUT2D eigenvalue weighted by Crippen LogP contribution is -2.41. The molecule has 0 radical (unpaired) electrons. The van der Waals surface area contributed by atoms with Crippen molar-refractivity contribution in [1.82, 2.24) is 19.5 Å². The lowest BCUT2D eigenvalue weighted by atomic mass is 9.90. The molecular formula is C17H22N4OS2. The van der Waals surface area contributed by atoms with Gasteiger partial charge in [-0.05, 0) is 36.6 Å². The highest BCUT2D eigenvalue weighted by Gasteiger charge is 2.34. The third-order valence-corrected chi connectivity index (χ3v) is 6.63. The smallest absolute Gasteiger partial charge is 0.230 e. The molecule has 5 nitrogen and oxygen atoms in total. The Labute approximate surface area is 149 Å². The highest BCUT2D eigenvalue weighted by Crippen LogP contribution is 2.43. The molecule has 3 aromatic rings. The lowest BCUT2D eigenvalue weighted by molar-refractivity contribution is 0.113. The first-order valence-corrected chi connectivity index (χ1v) is 10.0. The molecule has 1 saturated heterocycles. The number of fused-ring (bicyclic) bond motifs is 1. The second-order valence-electron chi connectivity index (χ2n) is 6.96. The maximum atomic E-state index is 10.8. The minimum atomic E-state index is 0.0870. The largest absolute Gasteiger partial charge is 0.492 e. The van der Waals surface area contributed by atoms with Crippen LogP contribution in [0.1, 0.15) is 41.9 Å². The van der Waals surface area contributed by atoms with Crippen molar-refractivity contribution < 1.29 is 5.11 Å². The van der Waals surface area contributed by atoms with Gasteiger partial charge in [0.15, 0.2) is 0 Å². The fourth-order valence-corrected chi connectivity index (χ4v) is 5.97. The first-order chi connectivity index (χ1) is 11.5. The van der Waals surface area contributed by atoms with Gasteiger partial charge in [0.1, 0.15) is 5.82 Å². The van der Waals surface area contributed by atoms with Crippen LogP contribution in [0.4, 0.5) is 0 Å². The Hall–Kier alpha value is -1.44. The number of piperidine rings is 1. The normalized spacial score (nSPS) is 23.8. The Morgan fingerprint density at radius 3 is 2.67 bits per heavy atom. The van der Waals surface area contributed by atoms with Crippen LogP contribution < -0.4 is 0 Å². The van der Waals surface area contributed by atoms with Crippen molar-refractivity contribution in [2.75, 3.05) is 13.1 Å². The number of thiophene rings is 1. The average molecular weight is 363 g/mol. The number of aromatic nitrogens is 3. The Morgan fingerprint density at radius 2 is 2.04 bits per heavy atom. The standard InChI is InChI=1S/C17H22N4OS2/c1-10-7-11(2)9-20(8-10)14(13-5-4-6-23-13)15-16(22)21-17(24-15)18-12(3)19-21/h4-6,10-11,14,22H,7-9H2,1-3H3/t10-,11-,14-/m0/s1. The third-order valence-electron chi connectivity index (χ3n) is 4.63. The van der Waals surface area contributed by atoms with E-state index in [0.717, 1.165) is 22.9 Å². The van der Waals surface area contributed by atoms with Gasteiger partial charge in [-0.3, -0.25) is 4.90 Å².